The Hall–Kier alpha value is -0.923. The van der Waals surface area contributed by atoms with Crippen molar-refractivity contribution in [1.29, 1.82) is 0 Å². The van der Waals surface area contributed by atoms with E-state index in [-0.39, 0.29) is 16.6 Å². The van der Waals surface area contributed by atoms with Crippen molar-refractivity contribution < 1.29 is 29.3 Å². The summed E-state index contributed by atoms with van der Waals surface area (Å²) < 4.78 is 5.82. The molecule has 0 bridgehead atoms. The van der Waals surface area contributed by atoms with Crippen molar-refractivity contribution in [3.8, 4) is 0 Å². The number of carbonyl (C=O) groups is 2. The quantitative estimate of drug-likeness (QED) is 0.593. The Morgan fingerprint density at radius 1 is 0.850 bits per heavy atom. The van der Waals surface area contributed by atoms with Gasteiger partial charge in [-0.2, -0.15) is 0 Å². The van der Waals surface area contributed by atoms with Crippen LogP contribution >= 0.6 is 0 Å². The molecule has 0 heterocycles. The van der Waals surface area contributed by atoms with Gasteiger partial charge in [-0.1, -0.05) is 41.5 Å². The molecule has 0 saturated carbocycles. The first-order valence-electron chi connectivity index (χ1n) is 6.79. The molecule has 0 rings (SSSR count). The first-order valence-corrected chi connectivity index (χ1v) is 8.93. The molecule has 0 amide bonds. The zero-order chi connectivity index (χ0) is 16.2. The minimum Gasteiger partial charge on any atom is -0.479 e. The Bertz CT molecular complexity index is 331. The molecule has 20 heavy (non-hydrogen) atoms. The number of hydrogen-bond acceptors (Lipinski definition) is 4. The van der Waals surface area contributed by atoms with Crippen molar-refractivity contribution in [2.75, 3.05) is 0 Å². The van der Waals surface area contributed by atoms with Gasteiger partial charge in [-0.3, -0.25) is 0 Å². The fourth-order valence-electron chi connectivity index (χ4n) is 3.01. The molecule has 0 fully saturated rings. The average Bonchev–Trinajstić information content (AvgIpc) is 2.27. The maximum Gasteiger partial charge on any atom is 0.335 e. The zero-order valence-electron chi connectivity index (χ0n) is 13.0. The van der Waals surface area contributed by atoms with E-state index in [4.69, 9.17) is 9.53 Å². The average molecular weight is 306 g/mol. The predicted octanol–water partition coefficient (Wildman–Crippen LogP) is 2.08. The van der Waals surface area contributed by atoms with Gasteiger partial charge in [0, 0.05) is 0 Å². The highest BCUT2D eigenvalue weighted by Gasteiger charge is 2.50. The minimum atomic E-state index is -2.57. The van der Waals surface area contributed by atoms with Gasteiger partial charge in [0.1, 0.15) is 0 Å². The molecule has 6 nitrogen and oxygen atoms in total. The topological polar surface area (TPSA) is 104 Å². The smallest absolute Gasteiger partial charge is 0.335 e. The van der Waals surface area contributed by atoms with Crippen molar-refractivity contribution >= 4 is 20.3 Å². The first-order chi connectivity index (χ1) is 8.98. The largest absolute Gasteiger partial charge is 0.479 e. The molecule has 118 valence electrons. The Morgan fingerprint density at radius 3 is 1.40 bits per heavy atom. The second-order valence-electron chi connectivity index (χ2n) is 5.98. The summed E-state index contributed by atoms with van der Waals surface area (Å²) in [6, 6.07) is 0. The summed E-state index contributed by atoms with van der Waals surface area (Å²) in [6.07, 6.45) is -3.79. The van der Waals surface area contributed by atoms with Gasteiger partial charge in [-0.05, 0) is 16.6 Å². The summed E-state index contributed by atoms with van der Waals surface area (Å²) in [5, 5.41) is 27.6. The summed E-state index contributed by atoms with van der Waals surface area (Å²) in [5.74, 6) is -3.03. The van der Waals surface area contributed by atoms with E-state index in [1.54, 1.807) is 0 Å². The van der Waals surface area contributed by atoms with E-state index in [0.29, 0.717) is 0 Å². The normalized spacial score (nSPS) is 15.7. The number of rotatable bonds is 8. The minimum absolute atomic E-state index is 0.102. The fraction of sp³-hybridized carbons (Fsp3) is 0.846. The molecular weight excluding hydrogens is 280 g/mol. The van der Waals surface area contributed by atoms with Crippen LogP contribution in [0.4, 0.5) is 0 Å². The zero-order valence-corrected chi connectivity index (χ0v) is 14.0. The van der Waals surface area contributed by atoms with E-state index in [2.05, 4.69) is 0 Å². The van der Waals surface area contributed by atoms with Gasteiger partial charge in [0.05, 0.1) is 0 Å². The summed E-state index contributed by atoms with van der Waals surface area (Å²) in [6.45, 7) is 11.7. The second-order valence-corrected chi connectivity index (χ2v) is 11.4. The number of aliphatic hydroxyl groups excluding tert-OH is 1. The highest BCUT2D eigenvalue weighted by molar-refractivity contribution is 6.77. The Kier molecular flexibility index (Phi) is 6.86. The van der Waals surface area contributed by atoms with Crippen LogP contribution in [0.15, 0.2) is 0 Å². The molecular formula is C13H26O6Si. The number of aliphatic hydroxyl groups is 1. The standard InChI is InChI=1S/C13H26O6Si/c1-7(2)20(8(3)4,9(5)6)19-11(13(17)18)10(14)12(15)16/h7-11,14H,1-6H3,(H,15,16)(H,17,18)/t10-,11-/m0/s1. The second kappa shape index (κ2) is 7.19. The van der Waals surface area contributed by atoms with Crippen LogP contribution in [-0.2, 0) is 14.0 Å². The molecule has 0 aromatic rings. The van der Waals surface area contributed by atoms with Gasteiger partial charge < -0.3 is 19.7 Å². The third kappa shape index (κ3) is 3.80. The SMILES string of the molecule is CC(C)[Si](O[C@H](C(=O)O)[C@H](O)C(=O)O)(C(C)C)C(C)C. The van der Waals surface area contributed by atoms with Crippen LogP contribution in [-0.4, -0.2) is 47.8 Å². The number of carboxylic acids is 2. The van der Waals surface area contributed by atoms with Gasteiger partial charge in [0.15, 0.2) is 12.2 Å². The van der Waals surface area contributed by atoms with E-state index in [1.807, 2.05) is 41.5 Å². The van der Waals surface area contributed by atoms with E-state index in [1.165, 1.54) is 0 Å². The lowest BCUT2D eigenvalue weighted by atomic mass is 10.2. The molecule has 2 atom stereocenters. The lowest BCUT2D eigenvalue weighted by molar-refractivity contribution is -0.164. The van der Waals surface area contributed by atoms with Crippen LogP contribution in [0.25, 0.3) is 0 Å². The summed E-state index contributed by atoms with van der Waals surface area (Å²) >= 11 is 0. The monoisotopic (exact) mass is 306 g/mol. The Labute approximate surface area is 120 Å². The van der Waals surface area contributed by atoms with E-state index >= 15 is 0 Å². The number of hydrogen-bond donors (Lipinski definition) is 3. The third-order valence-corrected chi connectivity index (χ3v) is 9.90. The molecule has 0 radical (unpaired) electrons. The lowest BCUT2D eigenvalue weighted by Gasteiger charge is -2.44. The van der Waals surface area contributed by atoms with E-state index in [9.17, 15) is 19.8 Å². The molecule has 0 aromatic carbocycles. The molecule has 7 heteroatoms. The number of aliphatic carboxylic acids is 2. The summed E-state index contributed by atoms with van der Waals surface area (Å²) in [4.78, 5) is 22.1. The van der Waals surface area contributed by atoms with E-state index in [0.717, 1.165) is 0 Å². The molecule has 0 saturated heterocycles. The molecule has 3 N–H and O–H groups in total. The van der Waals surface area contributed by atoms with Crippen LogP contribution in [0.5, 0.6) is 0 Å². The van der Waals surface area contributed by atoms with Crippen molar-refractivity contribution in [2.45, 2.75) is 70.4 Å². The van der Waals surface area contributed by atoms with Crippen molar-refractivity contribution in [3.05, 3.63) is 0 Å². The van der Waals surface area contributed by atoms with Gasteiger partial charge in [-0.15, -0.1) is 0 Å². The summed E-state index contributed by atoms with van der Waals surface area (Å²) in [7, 11) is -2.57. The highest BCUT2D eigenvalue weighted by Crippen LogP contribution is 2.43. The maximum absolute atomic E-state index is 11.3. The number of carboxylic acid groups (broad SMARTS) is 2. The molecule has 0 aliphatic heterocycles. The highest BCUT2D eigenvalue weighted by atomic mass is 28.4. The van der Waals surface area contributed by atoms with Crippen LogP contribution < -0.4 is 0 Å². The van der Waals surface area contributed by atoms with Crippen LogP contribution in [0, 0.1) is 0 Å². The molecule has 0 unspecified atom stereocenters. The predicted molar refractivity (Wildman–Crippen MR) is 77.2 cm³/mol. The Balaban J connectivity index is 5.61. The molecule has 0 spiro atoms. The van der Waals surface area contributed by atoms with E-state index < -0.39 is 32.5 Å². The lowest BCUT2D eigenvalue weighted by Crippen LogP contribution is -2.55. The molecule has 0 aliphatic carbocycles. The van der Waals surface area contributed by atoms with Gasteiger partial charge >= 0.3 is 11.9 Å². The fourth-order valence-corrected chi connectivity index (χ4v) is 8.49. The van der Waals surface area contributed by atoms with Crippen molar-refractivity contribution in [1.82, 2.24) is 0 Å². The maximum atomic E-state index is 11.3. The first kappa shape index (κ1) is 19.1. The molecule has 0 aliphatic rings. The van der Waals surface area contributed by atoms with Gasteiger partial charge in [0.2, 0.25) is 8.32 Å². The van der Waals surface area contributed by atoms with Crippen molar-refractivity contribution in [3.63, 3.8) is 0 Å². The van der Waals surface area contributed by atoms with Crippen LogP contribution in [0.1, 0.15) is 41.5 Å². The molecule has 0 aromatic heterocycles. The van der Waals surface area contributed by atoms with Gasteiger partial charge in [0.25, 0.3) is 0 Å². The van der Waals surface area contributed by atoms with Crippen LogP contribution in [0.2, 0.25) is 16.6 Å². The van der Waals surface area contributed by atoms with Gasteiger partial charge in [-0.25, -0.2) is 9.59 Å². The summed E-state index contributed by atoms with van der Waals surface area (Å²) in [5.41, 5.74) is 0.307. The third-order valence-electron chi connectivity index (χ3n) is 3.82. The Morgan fingerprint density at radius 2 is 1.20 bits per heavy atom. The van der Waals surface area contributed by atoms with Crippen LogP contribution in [0.3, 0.4) is 0 Å². The van der Waals surface area contributed by atoms with Crippen molar-refractivity contribution in [2.24, 2.45) is 0 Å².